The standard InChI is InChI=1S/C15H24O/c1-13(2)12-15-9-7-14(8-10-15)6-4-3-5-11-16/h7-10,13,16H,3-6,11-12H2,1-2H3. The van der Waals surface area contributed by atoms with Gasteiger partial charge in [-0.3, -0.25) is 0 Å². The molecule has 1 N–H and O–H groups in total. The number of hydrogen-bond acceptors (Lipinski definition) is 1. The number of rotatable bonds is 7. The Kier molecular flexibility index (Phi) is 6.17. The lowest BCUT2D eigenvalue weighted by atomic mass is 10.00. The van der Waals surface area contributed by atoms with E-state index in [1.165, 1.54) is 24.0 Å². The molecule has 0 saturated heterocycles. The fourth-order valence-electron chi connectivity index (χ4n) is 1.93. The number of benzene rings is 1. The Morgan fingerprint density at radius 3 is 2.12 bits per heavy atom. The van der Waals surface area contributed by atoms with Gasteiger partial charge in [-0.2, -0.15) is 0 Å². The molecule has 1 heteroatoms. The van der Waals surface area contributed by atoms with Crippen LogP contribution in [0.15, 0.2) is 24.3 Å². The summed E-state index contributed by atoms with van der Waals surface area (Å²) in [5, 5.41) is 8.68. The van der Waals surface area contributed by atoms with Gasteiger partial charge >= 0.3 is 0 Å². The molecule has 1 aromatic rings. The second-order valence-electron chi connectivity index (χ2n) is 4.95. The molecule has 1 rings (SSSR count). The van der Waals surface area contributed by atoms with Gasteiger partial charge in [0, 0.05) is 6.61 Å². The lowest BCUT2D eigenvalue weighted by Crippen LogP contribution is -1.94. The molecule has 0 atom stereocenters. The maximum absolute atomic E-state index is 8.68. The summed E-state index contributed by atoms with van der Waals surface area (Å²) < 4.78 is 0. The zero-order valence-electron chi connectivity index (χ0n) is 10.6. The third kappa shape index (κ3) is 5.32. The topological polar surface area (TPSA) is 20.2 Å². The number of aliphatic hydroxyl groups is 1. The van der Waals surface area contributed by atoms with E-state index in [1.54, 1.807) is 0 Å². The molecule has 0 spiro atoms. The van der Waals surface area contributed by atoms with E-state index in [9.17, 15) is 0 Å². The molecule has 0 aliphatic rings. The van der Waals surface area contributed by atoms with Crippen molar-refractivity contribution in [2.75, 3.05) is 6.61 Å². The van der Waals surface area contributed by atoms with Crippen molar-refractivity contribution in [2.24, 2.45) is 5.92 Å². The van der Waals surface area contributed by atoms with Crippen LogP contribution in [0.2, 0.25) is 0 Å². The fraction of sp³-hybridized carbons (Fsp3) is 0.600. The van der Waals surface area contributed by atoms with Gasteiger partial charge < -0.3 is 5.11 Å². The maximum atomic E-state index is 8.68. The van der Waals surface area contributed by atoms with Gasteiger partial charge in [-0.05, 0) is 42.7 Å². The van der Waals surface area contributed by atoms with Crippen LogP contribution in [0.5, 0.6) is 0 Å². The first kappa shape index (κ1) is 13.2. The van der Waals surface area contributed by atoms with Crippen molar-refractivity contribution in [1.82, 2.24) is 0 Å². The molecule has 0 radical (unpaired) electrons. The Hall–Kier alpha value is -0.820. The van der Waals surface area contributed by atoms with Gasteiger partial charge in [0.25, 0.3) is 0 Å². The summed E-state index contributed by atoms with van der Waals surface area (Å²) in [5.41, 5.74) is 2.86. The Balaban J connectivity index is 2.33. The van der Waals surface area contributed by atoms with E-state index in [0.717, 1.165) is 25.2 Å². The predicted octanol–water partition coefficient (Wildman–Crippen LogP) is 3.59. The van der Waals surface area contributed by atoms with E-state index in [-0.39, 0.29) is 0 Å². The molecule has 0 heterocycles. The molecule has 0 saturated carbocycles. The first-order valence-corrected chi connectivity index (χ1v) is 6.41. The minimum absolute atomic E-state index is 0.327. The van der Waals surface area contributed by atoms with Gasteiger partial charge in [0.1, 0.15) is 0 Å². The summed E-state index contributed by atoms with van der Waals surface area (Å²) in [7, 11) is 0. The van der Waals surface area contributed by atoms with E-state index in [0.29, 0.717) is 6.61 Å². The smallest absolute Gasteiger partial charge is 0.0431 e. The van der Waals surface area contributed by atoms with E-state index in [2.05, 4.69) is 38.1 Å². The number of aliphatic hydroxyl groups excluding tert-OH is 1. The van der Waals surface area contributed by atoms with Crippen molar-refractivity contribution >= 4 is 0 Å². The second kappa shape index (κ2) is 7.45. The first-order chi connectivity index (χ1) is 7.72. The first-order valence-electron chi connectivity index (χ1n) is 6.41. The Morgan fingerprint density at radius 2 is 1.56 bits per heavy atom. The molecule has 0 aliphatic carbocycles. The number of aryl methyl sites for hydroxylation is 1. The average molecular weight is 220 g/mol. The lowest BCUT2D eigenvalue weighted by Gasteiger charge is -2.06. The number of hydrogen-bond donors (Lipinski definition) is 1. The fourth-order valence-corrected chi connectivity index (χ4v) is 1.93. The van der Waals surface area contributed by atoms with Crippen molar-refractivity contribution in [3.8, 4) is 0 Å². The van der Waals surface area contributed by atoms with Crippen LogP contribution in [0.1, 0.15) is 44.2 Å². The third-order valence-electron chi connectivity index (χ3n) is 2.79. The molecule has 1 nitrogen and oxygen atoms in total. The second-order valence-corrected chi connectivity index (χ2v) is 4.95. The normalized spacial score (nSPS) is 11.0. The molecular weight excluding hydrogens is 196 g/mol. The summed E-state index contributed by atoms with van der Waals surface area (Å²) in [6.45, 7) is 4.83. The van der Waals surface area contributed by atoms with Crippen LogP contribution in [0.3, 0.4) is 0 Å². The van der Waals surface area contributed by atoms with Crippen LogP contribution in [-0.4, -0.2) is 11.7 Å². The van der Waals surface area contributed by atoms with Gasteiger partial charge in [0.15, 0.2) is 0 Å². The minimum Gasteiger partial charge on any atom is -0.396 e. The van der Waals surface area contributed by atoms with E-state index in [1.807, 2.05) is 0 Å². The molecular formula is C15H24O. The highest BCUT2D eigenvalue weighted by molar-refractivity contribution is 5.22. The van der Waals surface area contributed by atoms with E-state index in [4.69, 9.17) is 5.11 Å². The zero-order chi connectivity index (χ0) is 11.8. The third-order valence-corrected chi connectivity index (χ3v) is 2.79. The Labute approximate surface area is 99.5 Å². The summed E-state index contributed by atoms with van der Waals surface area (Å²) in [6, 6.07) is 9.00. The SMILES string of the molecule is CC(C)Cc1ccc(CCCCCO)cc1. The molecule has 90 valence electrons. The zero-order valence-corrected chi connectivity index (χ0v) is 10.6. The highest BCUT2D eigenvalue weighted by Crippen LogP contribution is 2.12. The Morgan fingerprint density at radius 1 is 0.938 bits per heavy atom. The number of unbranched alkanes of at least 4 members (excludes halogenated alkanes) is 2. The lowest BCUT2D eigenvalue weighted by molar-refractivity contribution is 0.283. The van der Waals surface area contributed by atoms with Crippen molar-refractivity contribution < 1.29 is 5.11 Å². The van der Waals surface area contributed by atoms with Gasteiger partial charge in [-0.25, -0.2) is 0 Å². The van der Waals surface area contributed by atoms with Crippen LogP contribution < -0.4 is 0 Å². The van der Waals surface area contributed by atoms with E-state index >= 15 is 0 Å². The van der Waals surface area contributed by atoms with E-state index < -0.39 is 0 Å². The van der Waals surface area contributed by atoms with Gasteiger partial charge in [-0.1, -0.05) is 44.5 Å². The molecule has 1 aromatic carbocycles. The van der Waals surface area contributed by atoms with Crippen molar-refractivity contribution in [2.45, 2.75) is 46.0 Å². The molecule has 0 aliphatic heterocycles. The Bertz CT molecular complexity index is 274. The monoisotopic (exact) mass is 220 g/mol. The summed E-state index contributed by atoms with van der Waals surface area (Å²) in [5.74, 6) is 0.732. The van der Waals surface area contributed by atoms with Crippen LogP contribution in [0.4, 0.5) is 0 Å². The van der Waals surface area contributed by atoms with Crippen LogP contribution in [0, 0.1) is 5.92 Å². The largest absolute Gasteiger partial charge is 0.396 e. The summed E-state index contributed by atoms with van der Waals surface area (Å²) >= 11 is 0. The highest BCUT2D eigenvalue weighted by Gasteiger charge is 1.98. The predicted molar refractivity (Wildman–Crippen MR) is 69.6 cm³/mol. The summed E-state index contributed by atoms with van der Waals surface area (Å²) in [6.07, 6.45) is 5.56. The van der Waals surface area contributed by atoms with Crippen molar-refractivity contribution in [3.05, 3.63) is 35.4 Å². The maximum Gasteiger partial charge on any atom is 0.0431 e. The summed E-state index contributed by atoms with van der Waals surface area (Å²) in [4.78, 5) is 0. The molecule has 0 fully saturated rings. The minimum atomic E-state index is 0.327. The average Bonchev–Trinajstić information content (AvgIpc) is 2.26. The van der Waals surface area contributed by atoms with Crippen LogP contribution in [0.25, 0.3) is 0 Å². The molecule has 0 amide bonds. The van der Waals surface area contributed by atoms with Crippen molar-refractivity contribution in [1.29, 1.82) is 0 Å². The molecule has 0 bridgehead atoms. The van der Waals surface area contributed by atoms with Gasteiger partial charge in [0.2, 0.25) is 0 Å². The quantitative estimate of drug-likeness (QED) is 0.696. The van der Waals surface area contributed by atoms with Gasteiger partial charge in [0.05, 0.1) is 0 Å². The van der Waals surface area contributed by atoms with Crippen LogP contribution in [-0.2, 0) is 12.8 Å². The van der Waals surface area contributed by atoms with Crippen LogP contribution >= 0.6 is 0 Å². The van der Waals surface area contributed by atoms with Crippen molar-refractivity contribution in [3.63, 3.8) is 0 Å². The van der Waals surface area contributed by atoms with Gasteiger partial charge in [-0.15, -0.1) is 0 Å². The molecule has 0 aromatic heterocycles. The highest BCUT2D eigenvalue weighted by atomic mass is 16.2. The molecule has 0 unspecified atom stereocenters. The molecule has 16 heavy (non-hydrogen) atoms.